The van der Waals surface area contributed by atoms with Gasteiger partial charge in [-0.25, -0.2) is 8.42 Å². The van der Waals surface area contributed by atoms with Gasteiger partial charge in [0.15, 0.2) is 20.8 Å². The van der Waals surface area contributed by atoms with Crippen LogP contribution in [0, 0.1) is 13.8 Å². The lowest BCUT2D eigenvalue weighted by Gasteiger charge is -2.27. The van der Waals surface area contributed by atoms with E-state index in [2.05, 4.69) is 32.0 Å². The summed E-state index contributed by atoms with van der Waals surface area (Å²) in [5.41, 5.74) is 5.17. The van der Waals surface area contributed by atoms with E-state index in [4.69, 9.17) is 4.99 Å². The maximum Gasteiger partial charge on any atom is 0.164 e. The molecule has 5 nitrogen and oxygen atoms in total. The van der Waals surface area contributed by atoms with Crippen LogP contribution in [0.5, 0.6) is 0 Å². The van der Waals surface area contributed by atoms with E-state index in [9.17, 15) is 13.2 Å². The zero-order valence-corrected chi connectivity index (χ0v) is 18.4. The van der Waals surface area contributed by atoms with Gasteiger partial charge in [-0.05, 0) is 49.6 Å². The molecule has 0 aliphatic carbocycles. The van der Waals surface area contributed by atoms with Crippen molar-refractivity contribution in [3.05, 3.63) is 64.7 Å². The molecule has 0 spiro atoms. The molecule has 0 bridgehead atoms. The molecular weight excluding hydrogens is 404 g/mol. The van der Waals surface area contributed by atoms with Crippen molar-refractivity contribution in [3.8, 4) is 0 Å². The van der Waals surface area contributed by atoms with Gasteiger partial charge in [0.05, 0.1) is 23.6 Å². The van der Waals surface area contributed by atoms with Gasteiger partial charge in [-0.2, -0.15) is 0 Å². The molecule has 0 unspecified atom stereocenters. The SMILES string of the molecule is CC(=O)c1cccc(N2C(SCc3ccc(C)c(C)c3)=N[C@@H]3CS(=O)(=O)C[C@@H]32)c1. The molecule has 152 valence electrons. The molecule has 0 aromatic heterocycles. The molecular formula is C22H24N2O3S2. The van der Waals surface area contributed by atoms with E-state index >= 15 is 0 Å². The van der Waals surface area contributed by atoms with Crippen LogP contribution in [-0.2, 0) is 15.6 Å². The molecule has 1 saturated heterocycles. The number of fused-ring (bicyclic) bond motifs is 1. The highest BCUT2D eigenvalue weighted by Crippen LogP contribution is 2.36. The number of rotatable bonds is 4. The first-order valence-corrected chi connectivity index (χ1v) is 12.4. The van der Waals surface area contributed by atoms with Crippen LogP contribution >= 0.6 is 11.8 Å². The van der Waals surface area contributed by atoms with E-state index in [0.29, 0.717) is 5.56 Å². The highest BCUT2D eigenvalue weighted by molar-refractivity contribution is 8.13. The van der Waals surface area contributed by atoms with Gasteiger partial charge in [0, 0.05) is 17.0 Å². The molecule has 0 saturated carbocycles. The number of hydrogen-bond acceptors (Lipinski definition) is 6. The van der Waals surface area contributed by atoms with Crippen molar-refractivity contribution in [2.75, 3.05) is 16.4 Å². The Labute approximate surface area is 176 Å². The molecule has 0 amide bonds. The fourth-order valence-corrected chi connectivity index (χ4v) is 6.76. The molecule has 2 aliphatic heterocycles. The standard InChI is InChI=1S/C22H24N2O3S2/c1-14-7-8-17(9-15(14)2)11-28-22-23-20-12-29(26,27)13-21(20)24(22)19-6-4-5-18(10-19)16(3)25/h4-10,20-21H,11-13H2,1-3H3/t20-,21+/m1/s1. The van der Waals surface area contributed by atoms with Gasteiger partial charge in [0.1, 0.15) is 0 Å². The largest absolute Gasteiger partial charge is 0.315 e. The number of anilines is 1. The molecule has 4 rings (SSSR count). The molecule has 2 atom stereocenters. The first-order chi connectivity index (χ1) is 13.7. The Kier molecular flexibility index (Phi) is 5.29. The summed E-state index contributed by atoms with van der Waals surface area (Å²) >= 11 is 1.62. The van der Waals surface area contributed by atoms with Crippen LogP contribution < -0.4 is 4.90 Å². The number of aryl methyl sites for hydroxylation is 2. The molecule has 0 N–H and O–H groups in total. The maximum absolute atomic E-state index is 12.2. The molecule has 1 fully saturated rings. The van der Waals surface area contributed by atoms with Crippen LogP contribution in [0.1, 0.15) is 34.0 Å². The van der Waals surface area contributed by atoms with Gasteiger partial charge in [-0.3, -0.25) is 9.79 Å². The number of sulfone groups is 1. The van der Waals surface area contributed by atoms with Gasteiger partial charge in [-0.1, -0.05) is 42.1 Å². The molecule has 2 aromatic carbocycles. The average molecular weight is 429 g/mol. The lowest BCUT2D eigenvalue weighted by molar-refractivity contribution is 0.101. The minimum atomic E-state index is -3.10. The van der Waals surface area contributed by atoms with Gasteiger partial charge in [0.2, 0.25) is 0 Å². The third-order valence-corrected chi connectivity index (χ3v) is 8.31. The van der Waals surface area contributed by atoms with Crippen LogP contribution in [0.15, 0.2) is 47.5 Å². The molecule has 2 aromatic rings. The van der Waals surface area contributed by atoms with Crippen molar-refractivity contribution in [3.63, 3.8) is 0 Å². The predicted molar refractivity (Wildman–Crippen MR) is 120 cm³/mol. The minimum Gasteiger partial charge on any atom is -0.315 e. The summed E-state index contributed by atoms with van der Waals surface area (Å²) in [5.74, 6) is 0.936. The number of amidine groups is 1. The molecule has 29 heavy (non-hydrogen) atoms. The summed E-state index contributed by atoms with van der Waals surface area (Å²) in [4.78, 5) is 18.6. The summed E-state index contributed by atoms with van der Waals surface area (Å²) in [6.07, 6.45) is 0. The monoisotopic (exact) mass is 428 g/mol. The normalized spacial score (nSPS) is 22.4. The number of benzene rings is 2. The van der Waals surface area contributed by atoms with Crippen molar-refractivity contribution in [2.24, 2.45) is 4.99 Å². The third kappa shape index (κ3) is 4.12. The first kappa shape index (κ1) is 20.2. The Bertz CT molecular complexity index is 1110. The Morgan fingerprint density at radius 1 is 1.14 bits per heavy atom. The first-order valence-electron chi connectivity index (χ1n) is 9.61. The van der Waals surface area contributed by atoms with Crippen LogP contribution in [0.2, 0.25) is 0 Å². The second kappa shape index (κ2) is 7.61. The number of nitrogens with zero attached hydrogens (tertiary/aromatic N) is 2. The van der Waals surface area contributed by atoms with Gasteiger partial charge < -0.3 is 4.90 Å². The maximum atomic E-state index is 12.2. The number of carbonyl (C=O) groups excluding carboxylic acids is 1. The predicted octanol–water partition coefficient (Wildman–Crippen LogP) is 3.78. The summed E-state index contributed by atoms with van der Waals surface area (Å²) in [6.45, 7) is 5.74. The number of aliphatic imine (C=N–C) groups is 1. The van der Waals surface area contributed by atoms with E-state index in [1.54, 1.807) is 17.8 Å². The van der Waals surface area contributed by atoms with E-state index < -0.39 is 9.84 Å². The zero-order valence-electron chi connectivity index (χ0n) is 16.8. The second-order valence-corrected chi connectivity index (χ2v) is 10.9. The fourth-order valence-electron chi connectivity index (χ4n) is 3.85. The van der Waals surface area contributed by atoms with Crippen molar-refractivity contribution >= 4 is 38.2 Å². The molecule has 7 heteroatoms. The summed E-state index contributed by atoms with van der Waals surface area (Å²) in [6, 6.07) is 13.4. The molecule has 0 radical (unpaired) electrons. The number of ketones is 1. The lowest BCUT2D eigenvalue weighted by atomic mass is 10.1. The molecule has 2 heterocycles. The van der Waals surface area contributed by atoms with E-state index in [0.717, 1.165) is 16.6 Å². The van der Waals surface area contributed by atoms with Crippen molar-refractivity contribution in [2.45, 2.75) is 38.6 Å². The summed E-state index contributed by atoms with van der Waals surface area (Å²) in [5, 5.41) is 0.828. The highest BCUT2D eigenvalue weighted by atomic mass is 32.2. The smallest absolute Gasteiger partial charge is 0.164 e. The topological polar surface area (TPSA) is 66.8 Å². The Morgan fingerprint density at radius 3 is 2.66 bits per heavy atom. The Morgan fingerprint density at radius 2 is 1.93 bits per heavy atom. The third-order valence-electron chi connectivity index (χ3n) is 5.58. The van der Waals surface area contributed by atoms with Gasteiger partial charge >= 0.3 is 0 Å². The zero-order chi connectivity index (χ0) is 20.8. The van der Waals surface area contributed by atoms with Crippen LogP contribution in [0.25, 0.3) is 0 Å². The van der Waals surface area contributed by atoms with Crippen molar-refractivity contribution in [1.29, 1.82) is 0 Å². The fraction of sp³-hybridized carbons (Fsp3) is 0.364. The Balaban J connectivity index is 1.64. The number of carbonyl (C=O) groups is 1. The van der Waals surface area contributed by atoms with Crippen LogP contribution in [-0.4, -0.2) is 43.0 Å². The van der Waals surface area contributed by atoms with Gasteiger partial charge in [-0.15, -0.1) is 0 Å². The van der Waals surface area contributed by atoms with E-state index in [1.807, 2.05) is 23.1 Å². The highest BCUT2D eigenvalue weighted by Gasteiger charge is 2.47. The number of Topliss-reactive ketones (excluding diaryl/α,β-unsaturated/α-hetero) is 1. The average Bonchev–Trinajstić information content (AvgIpc) is 3.13. The summed E-state index contributed by atoms with van der Waals surface area (Å²) < 4.78 is 24.4. The summed E-state index contributed by atoms with van der Waals surface area (Å²) in [7, 11) is -3.10. The number of thioether (sulfide) groups is 1. The molecule has 2 aliphatic rings. The lowest BCUT2D eigenvalue weighted by Crippen LogP contribution is -2.39. The Hall–Kier alpha value is -2.12. The van der Waals surface area contributed by atoms with Crippen LogP contribution in [0.3, 0.4) is 0 Å². The van der Waals surface area contributed by atoms with E-state index in [-0.39, 0.29) is 29.4 Å². The van der Waals surface area contributed by atoms with Crippen LogP contribution in [0.4, 0.5) is 5.69 Å². The van der Waals surface area contributed by atoms with Gasteiger partial charge in [0.25, 0.3) is 0 Å². The van der Waals surface area contributed by atoms with Crippen molar-refractivity contribution < 1.29 is 13.2 Å². The van der Waals surface area contributed by atoms with E-state index in [1.165, 1.54) is 23.6 Å². The second-order valence-electron chi connectivity index (χ2n) is 7.81. The quantitative estimate of drug-likeness (QED) is 0.694. The minimum absolute atomic E-state index is 0.0112. The number of hydrogen-bond donors (Lipinski definition) is 0. The van der Waals surface area contributed by atoms with Crippen molar-refractivity contribution in [1.82, 2.24) is 0 Å².